The van der Waals surface area contributed by atoms with Crippen molar-refractivity contribution in [2.24, 2.45) is 0 Å². The number of aromatic nitrogens is 1. The van der Waals surface area contributed by atoms with Crippen LogP contribution in [0.1, 0.15) is 5.56 Å². The van der Waals surface area contributed by atoms with Gasteiger partial charge in [0.05, 0.1) is 0 Å². The minimum absolute atomic E-state index is 0.217. The summed E-state index contributed by atoms with van der Waals surface area (Å²) in [6, 6.07) is 3.74. The number of nitrogens with zero attached hydrogens (tertiary/aromatic N) is 1. The lowest BCUT2D eigenvalue weighted by Gasteiger charge is -2.15. The predicted molar refractivity (Wildman–Crippen MR) is 82.7 cm³/mol. The van der Waals surface area contributed by atoms with Gasteiger partial charge >= 0.3 is 0 Å². The molecule has 1 aromatic heterocycles. The number of hydrogen-bond donors (Lipinski definition) is 2. The fraction of sp³-hybridized carbons (Fsp3) is 0.188. The highest BCUT2D eigenvalue weighted by molar-refractivity contribution is 5.74. The number of pyridine rings is 1. The number of rotatable bonds is 8. The first kappa shape index (κ1) is 15.7. The van der Waals surface area contributed by atoms with Gasteiger partial charge in [0.2, 0.25) is 0 Å². The van der Waals surface area contributed by atoms with Crippen LogP contribution in [-0.4, -0.2) is 25.3 Å². The molecule has 0 saturated carbocycles. The van der Waals surface area contributed by atoms with Crippen molar-refractivity contribution >= 4 is 5.57 Å². The molecule has 0 bridgehead atoms. The average molecular weight is 273 g/mol. The van der Waals surface area contributed by atoms with E-state index < -0.39 is 6.67 Å². The van der Waals surface area contributed by atoms with Crippen LogP contribution in [-0.2, 0) is 0 Å². The smallest absolute Gasteiger partial charge is 0.107 e. The van der Waals surface area contributed by atoms with Gasteiger partial charge in [-0.25, -0.2) is 4.39 Å². The van der Waals surface area contributed by atoms with E-state index in [1.807, 2.05) is 18.2 Å². The zero-order chi connectivity index (χ0) is 15.0. The average Bonchev–Trinajstić information content (AvgIpc) is 2.50. The predicted octanol–water partition coefficient (Wildman–Crippen LogP) is 2.83. The van der Waals surface area contributed by atoms with Crippen LogP contribution in [0.25, 0.3) is 5.57 Å². The van der Waals surface area contributed by atoms with Crippen molar-refractivity contribution in [3.05, 3.63) is 72.9 Å². The minimum atomic E-state index is -0.455. The van der Waals surface area contributed by atoms with Crippen LogP contribution in [0, 0.1) is 0 Å². The van der Waals surface area contributed by atoms with Gasteiger partial charge in [-0.2, -0.15) is 0 Å². The maximum atomic E-state index is 12.2. The van der Waals surface area contributed by atoms with Gasteiger partial charge in [0, 0.05) is 43.0 Å². The SMILES string of the molecule is C=C(NC)/C(=C\C(=C)c1ccncc1)C(=C)NCCF. The van der Waals surface area contributed by atoms with E-state index in [0.29, 0.717) is 11.4 Å². The van der Waals surface area contributed by atoms with E-state index in [1.165, 1.54) is 0 Å². The Balaban J connectivity index is 2.98. The van der Waals surface area contributed by atoms with E-state index in [4.69, 9.17) is 0 Å². The number of hydrogen-bond acceptors (Lipinski definition) is 3. The highest BCUT2D eigenvalue weighted by atomic mass is 19.1. The number of likely N-dealkylation sites (N-methyl/N-ethyl adjacent to an activating group) is 1. The quantitative estimate of drug-likeness (QED) is 0.715. The highest BCUT2D eigenvalue weighted by Gasteiger charge is 2.07. The third kappa shape index (κ3) is 4.39. The molecule has 0 unspecified atom stereocenters. The summed E-state index contributed by atoms with van der Waals surface area (Å²) in [4.78, 5) is 3.97. The molecule has 0 aromatic carbocycles. The molecule has 0 radical (unpaired) electrons. The molecule has 3 nitrogen and oxygen atoms in total. The summed E-state index contributed by atoms with van der Waals surface area (Å²) in [5.41, 5.74) is 3.83. The lowest BCUT2D eigenvalue weighted by Crippen LogP contribution is -2.20. The van der Waals surface area contributed by atoms with E-state index in [1.54, 1.807) is 19.4 Å². The molecule has 0 fully saturated rings. The summed E-state index contributed by atoms with van der Waals surface area (Å²) in [6.07, 6.45) is 5.27. The van der Waals surface area contributed by atoms with E-state index in [2.05, 4.69) is 35.4 Å². The standard InChI is InChI=1S/C16H20FN3/c1-12(15-5-8-19-9-6-15)11-16(13(2)18-4)14(3)20-10-7-17/h5-6,8-9,11,18,20H,1-3,7,10H2,4H3/b16-11+. The van der Waals surface area contributed by atoms with E-state index >= 15 is 0 Å². The van der Waals surface area contributed by atoms with Gasteiger partial charge in [-0.3, -0.25) is 4.98 Å². The molecule has 1 aromatic rings. The molecule has 0 aliphatic carbocycles. The first-order valence-corrected chi connectivity index (χ1v) is 6.27. The maximum Gasteiger partial charge on any atom is 0.107 e. The zero-order valence-corrected chi connectivity index (χ0v) is 11.7. The van der Waals surface area contributed by atoms with E-state index in [9.17, 15) is 4.39 Å². The van der Waals surface area contributed by atoms with E-state index in [-0.39, 0.29) is 6.54 Å². The zero-order valence-electron chi connectivity index (χ0n) is 11.7. The van der Waals surface area contributed by atoms with Gasteiger partial charge in [-0.05, 0) is 29.3 Å². The minimum Gasteiger partial charge on any atom is -0.388 e. The maximum absolute atomic E-state index is 12.2. The summed E-state index contributed by atoms with van der Waals surface area (Å²) in [5.74, 6) is 0. The van der Waals surface area contributed by atoms with Gasteiger partial charge in [-0.1, -0.05) is 19.7 Å². The largest absolute Gasteiger partial charge is 0.388 e. The molecule has 0 spiro atoms. The Morgan fingerprint density at radius 3 is 2.45 bits per heavy atom. The molecule has 0 amide bonds. The second kappa shape index (κ2) is 7.94. The van der Waals surface area contributed by atoms with Crippen molar-refractivity contribution in [2.75, 3.05) is 20.3 Å². The van der Waals surface area contributed by atoms with Crippen molar-refractivity contribution in [1.82, 2.24) is 15.6 Å². The Morgan fingerprint density at radius 2 is 1.90 bits per heavy atom. The van der Waals surface area contributed by atoms with Crippen molar-refractivity contribution in [3.8, 4) is 0 Å². The van der Waals surface area contributed by atoms with Gasteiger partial charge in [-0.15, -0.1) is 0 Å². The van der Waals surface area contributed by atoms with E-state index in [0.717, 1.165) is 16.7 Å². The summed E-state index contributed by atoms with van der Waals surface area (Å²) < 4.78 is 12.2. The summed E-state index contributed by atoms with van der Waals surface area (Å²) in [7, 11) is 1.77. The van der Waals surface area contributed by atoms with Crippen LogP contribution in [0.15, 0.2) is 67.3 Å². The third-order valence-corrected chi connectivity index (χ3v) is 2.75. The lowest BCUT2D eigenvalue weighted by molar-refractivity contribution is 0.483. The topological polar surface area (TPSA) is 37.0 Å². The summed E-state index contributed by atoms with van der Waals surface area (Å²) >= 11 is 0. The molecule has 0 atom stereocenters. The number of nitrogens with one attached hydrogen (secondary N) is 2. The Hall–Kier alpha value is -2.36. The van der Waals surface area contributed by atoms with Gasteiger partial charge in [0.15, 0.2) is 0 Å². The molecular formula is C16H20FN3. The van der Waals surface area contributed by atoms with Crippen LogP contribution >= 0.6 is 0 Å². The molecule has 0 aliphatic heterocycles. The van der Waals surface area contributed by atoms with Crippen LogP contribution in [0.4, 0.5) is 4.39 Å². The molecule has 1 heterocycles. The fourth-order valence-electron chi connectivity index (χ4n) is 1.61. The van der Waals surface area contributed by atoms with Crippen LogP contribution in [0.5, 0.6) is 0 Å². The van der Waals surface area contributed by atoms with Crippen molar-refractivity contribution in [3.63, 3.8) is 0 Å². The Bertz CT molecular complexity index is 518. The van der Waals surface area contributed by atoms with Crippen molar-refractivity contribution in [2.45, 2.75) is 0 Å². The lowest BCUT2D eigenvalue weighted by atomic mass is 10.0. The Morgan fingerprint density at radius 1 is 1.25 bits per heavy atom. The summed E-state index contributed by atoms with van der Waals surface area (Å²) in [6.45, 7) is 11.6. The van der Waals surface area contributed by atoms with Gasteiger partial charge < -0.3 is 10.6 Å². The number of halogens is 1. The second-order valence-corrected chi connectivity index (χ2v) is 4.14. The Kier molecular flexibility index (Phi) is 6.23. The third-order valence-electron chi connectivity index (χ3n) is 2.75. The molecule has 4 heteroatoms. The molecule has 1 rings (SSSR count). The molecule has 106 valence electrons. The summed E-state index contributed by atoms with van der Waals surface area (Å²) in [5, 5.41) is 5.88. The molecule has 2 N–H and O–H groups in total. The first-order valence-electron chi connectivity index (χ1n) is 6.27. The molecule has 0 saturated heterocycles. The number of allylic oxidation sites excluding steroid dienone is 2. The van der Waals surface area contributed by atoms with Crippen molar-refractivity contribution < 1.29 is 4.39 Å². The first-order chi connectivity index (χ1) is 9.60. The normalized spacial score (nSPS) is 10.8. The molecular weight excluding hydrogens is 253 g/mol. The fourth-order valence-corrected chi connectivity index (χ4v) is 1.61. The second-order valence-electron chi connectivity index (χ2n) is 4.14. The molecule has 20 heavy (non-hydrogen) atoms. The monoisotopic (exact) mass is 273 g/mol. The van der Waals surface area contributed by atoms with Crippen LogP contribution in [0.2, 0.25) is 0 Å². The Labute approximate surface area is 119 Å². The van der Waals surface area contributed by atoms with Gasteiger partial charge in [0.25, 0.3) is 0 Å². The van der Waals surface area contributed by atoms with Crippen LogP contribution in [0.3, 0.4) is 0 Å². The van der Waals surface area contributed by atoms with Crippen molar-refractivity contribution in [1.29, 1.82) is 0 Å². The number of alkyl halides is 1. The highest BCUT2D eigenvalue weighted by Crippen LogP contribution is 2.20. The van der Waals surface area contributed by atoms with Gasteiger partial charge in [0.1, 0.15) is 6.67 Å². The molecule has 0 aliphatic rings. The van der Waals surface area contributed by atoms with Crippen LogP contribution < -0.4 is 10.6 Å².